The lowest BCUT2D eigenvalue weighted by molar-refractivity contribution is -0.117. The summed E-state index contributed by atoms with van der Waals surface area (Å²) in [4.78, 5) is 26.3. The van der Waals surface area contributed by atoms with Crippen molar-refractivity contribution in [3.63, 3.8) is 0 Å². The molecule has 2 aromatic heterocycles. The third kappa shape index (κ3) is 5.32. The van der Waals surface area contributed by atoms with Crippen LogP contribution in [0.5, 0.6) is 0 Å². The largest absolute Gasteiger partial charge is 0.465 e. The number of hydrogen-bond acceptors (Lipinski definition) is 8. The maximum atomic E-state index is 12.6. The predicted molar refractivity (Wildman–Crippen MR) is 109 cm³/mol. The summed E-state index contributed by atoms with van der Waals surface area (Å²) >= 11 is 0. The molecule has 1 amide bonds. The van der Waals surface area contributed by atoms with Gasteiger partial charge in [0.25, 0.3) is 5.89 Å². The topological polar surface area (TPSA) is 111 Å². The van der Waals surface area contributed by atoms with Crippen molar-refractivity contribution in [3.05, 3.63) is 53.6 Å². The highest BCUT2D eigenvalue weighted by Crippen LogP contribution is 2.19. The second kappa shape index (κ2) is 9.84. The van der Waals surface area contributed by atoms with Gasteiger partial charge in [0.15, 0.2) is 5.76 Å². The van der Waals surface area contributed by atoms with Crippen LogP contribution < -0.4 is 5.32 Å². The number of carbonyl (C=O) groups excluding carboxylic acids is 2. The van der Waals surface area contributed by atoms with Gasteiger partial charge in [-0.2, -0.15) is 0 Å². The van der Waals surface area contributed by atoms with E-state index in [1.807, 2.05) is 18.7 Å². The Labute approximate surface area is 174 Å². The van der Waals surface area contributed by atoms with Crippen LogP contribution in [0.4, 0.5) is 5.69 Å². The number of aryl methyl sites for hydroxylation is 1. The molecule has 3 aromatic rings. The van der Waals surface area contributed by atoms with E-state index in [2.05, 4.69) is 15.5 Å². The first-order chi connectivity index (χ1) is 14.5. The molecule has 0 atom stereocenters. The van der Waals surface area contributed by atoms with Crippen LogP contribution in [0.1, 0.15) is 35.2 Å². The fourth-order valence-corrected chi connectivity index (χ4v) is 2.93. The molecule has 0 radical (unpaired) electrons. The Kier molecular flexibility index (Phi) is 6.97. The molecule has 0 unspecified atom stereocenters. The van der Waals surface area contributed by atoms with Gasteiger partial charge in [0.2, 0.25) is 11.8 Å². The molecule has 1 N–H and O–H groups in total. The van der Waals surface area contributed by atoms with Crippen LogP contribution >= 0.6 is 0 Å². The fraction of sp³-hybridized carbons (Fsp3) is 0.333. The van der Waals surface area contributed by atoms with Gasteiger partial charge in [0.05, 0.1) is 32.0 Å². The summed E-state index contributed by atoms with van der Waals surface area (Å²) in [6.07, 6.45) is 2.38. The van der Waals surface area contributed by atoms with E-state index >= 15 is 0 Å². The molecule has 30 heavy (non-hydrogen) atoms. The van der Waals surface area contributed by atoms with Gasteiger partial charge in [-0.3, -0.25) is 9.69 Å². The van der Waals surface area contributed by atoms with E-state index in [0.717, 1.165) is 12.0 Å². The van der Waals surface area contributed by atoms with Crippen LogP contribution in [0.15, 0.2) is 45.4 Å². The molecule has 158 valence electrons. The Hall–Kier alpha value is -3.46. The van der Waals surface area contributed by atoms with Crippen LogP contribution in [-0.4, -0.2) is 47.2 Å². The summed E-state index contributed by atoms with van der Waals surface area (Å²) in [6, 6.07) is 8.51. The molecule has 2 heterocycles. The van der Waals surface area contributed by atoms with E-state index in [1.165, 1.54) is 13.4 Å². The molecular formula is C21H24N4O5. The van der Waals surface area contributed by atoms with Crippen molar-refractivity contribution in [2.45, 2.75) is 26.8 Å². The number of rotatable bonds is 9. The molecule has 1 aromatic carbocycles. The number of anilines is 1. The molecule has 0 bridgehead atoms. The van der Waals surface area contributed by atoms with E-state index in [9.17, 15) is 9.59 Å². The van der Waals surface area contributed by atoms with Gasteiger partial charge in [-0.25, -0.2) is 4.79 Å². The third-order valence-corrected chi connectivity index (χ3v) is 4.40. The molecule has 9 nitrogen and oxygen atoms in total. The van der Waals surface area contributed by atoms with Gasteiger partial charge in [0.1, 0.15) is 0 Å². The van der Waals surface area contributed by atoms with Gasteiger partial charge in [-0.05, 0) is 49.7 Å². The molecular weight excluding hydrogens is 388 g/mol. The lowest BCUT2D eigenvalue weighted by atomic mass is 10.1. The minimum atomic E-state index is -0.457. The van der Waals surface area contributed by atoms with E-state index < -0.39 is 5.97 Å². The molecule has 0 fully saturated rings. The van der Waals surface area contributed by atoms with Crippen LogP contribution in [0.3, 0.4) is 0 Å². The number of carbonyl (C=O) groups is 2. The van der Waals surface area contributed by atoms with Crippen molar-refractivity contribution < 1.29 is 23.2 Å². The lowest BCUT2D eigenvalue weighted by Crippen LogP contribution is -2.33. The average molecular weight is 412 g/mol. The van der Waals surface area contributed by atoms with Crippen molar-refractivity contribution in [1.82, 2.24) is 15.1 Å². The van der Waals surface area contributed by atoms with Crippen molar-refractivity contribution in [1.29, 1.82) is 0 Å². The van der Waals surface area contributed by atoms with Crippen molar-refractivity contribution in [3.8, 4) is 11.7 Å². The summed E-state index contributed by atoms with van der Waals surface area (Å²) in [5.41, 5.74) is 1.79. The number of ether oxygens (including phenoxy) is 1. The maximum Gasteiger partial charge on any atom is 0.337 e. The highest BCUT2D eigenvalue weighted by atomic mass is 16.5. The fourth-order valence-electron chi connectivity index (χ4n) is 2.93. The number of nitrogens with one attached hydrogen (secondary N) is 1. The van der Waals surface area contributed by atoms with Crippen molar-refractivity contribution >= 4 is 17.6 Å². The monoisotopic (exact) mass is 412 g/mol. The maximum absolute atomic E-state index is 12.6. The number of hydrogen-bond donors (Lipinski definition) is 1. The van der Waals surface area contributed by atoms with Gasteiger partial charge in [-0.1, -0.05) is 13.0 Å². The first-order valence-electron chi connectivity index (χ1n) is 9.57. The van der Waals surface area contributed by atoms with Crippen LogP contribution in [0, 0.1) is 6.92 Å². The van der Waals surface area contributed by atoms with Gasteiger partial charge in [-0.15, -0.1) is 10.2 Å². The van der Waals surface area contributed by atoms with Gasteiger partial charge >= 0.3 is 5.97 Å². The molecule has 0 aliphatic heterocycles. The summed E-state index contributed by atoms with van der Waals surface area (Å²) in [7, 11) is 1.32. The molecule has 9 heteroatoms. The summed E-state index contributed by atoms with van der Waals surface area (Å²) < 4.78 is 15.6. The Morgan fingerprint density at radius 3 is 2.77 bits per heavy atom. The van der Waals surface area contributed by atoms with E-state index in [4.69, 9.17) is 13.6 Å². The number of esters is 1. The Bertz CT molecular complexity index is 997. The minimum absolute atomic E-state index is 0.133. The van der Waals surface area contributed by atoms with Gasteiger partial charge in [0, 0.05) is 5.69 Å². The van der Waals surface area contributed by atoms with E-state index in [-0.39, 0.29) is 12.5 Å². The van der Waals surface area contributed by atoms with Crippen LogP contribution in [-0.2, 0) is 16.1 Å². The summed E-state index contributed by atoms with van der Waals surface area (Å²) in [5.74, 6) is 0.522. The number of methoxy groups -OCH3 is 1. The molecule has 0 aliphatic carbocycles. The molecule has 0 saturated heterocycles. The highest BCUT2D eigenvalue weighted by Gasteiger charge is 2.17. The Morgan fingerprint density at radius 1 is 1.23 bits per heavy atom. The average Bonchev–Trinajstić information content (AvgIpc) is 3.41. The molecule has 0 saturated carbocycles. The number of nitrogens with zero attached hydrogens (tertiary/aromatic N) is 3. The quantitative estimate of drug-likeness (QED) is 0.533. The van der Waals surface area contributed by atoms with Crippen LogP contribution in [0.25, 0.3) is 11.7 Å². The first kappa shape index (κ1) is 21.3. The Balaban J connectivity index is 1.65. The smallest absolute Gasteiger partial charge is 0.337 e. The van der Waals surface area contributed by atoms with Crippen molar-refractivity contribution in [2.75, 3.05) is 25.5 Å². The normalized spacial score (nSPS) is 10.9. The van der Waals surface area contributed by atoms with E-state index in [0.29, 0.717) is 41.9 Å². The second-order valence-electron chi connectivity index (χ2n) is 6.76. The van der Waals surface area contributed by atoms with E-state index in [1.54, 1.807) is 30.3 Å². The zero-order valence-electron chi connectivity index (χ0n) is 17.2. The lowest BCUT2D eigenvalue weighted by Gasteiger charge is -2.19. The number of amides is 1. The SMILES string of the molecule is CCCN(CC(=O)Nc1cc(C(=O)OC)ccc1C)Cc1nnc(-c2ccco2)o1. The summed E-state index contributed by atoms with van der Waals surface area (Å²) in [6.45, 7) is 5.02. The Morgan fingerprint density at radius 2 is 2.07 bits per heavy atom. The zero-order valence-corrected chi connectivity index (χ0v) is 17.2. The number of benzene rings is 1. The van der Waals surface area contributed by atoms with Gasteiger partial charge < -0.3 is 18.9 Å². The number of aromatic nitrogens is 2. The predicted octanol–water partition coefficient (Wildman–Crippen LogP) is 3.28. The molecule has 3 rings (SSSR count). The summed E-state index contributed by atoms with van der Waals surface area (Å²) in [5, 5.41) is 10.9. The first-order valence-corrected chi connectivity index (χ1v) is 9.57. The standard InChI is InChI=1S/C21H24N4O5/c1-4-9-25(13-19-23-24-20(30-19)17-6-5-10-29-17)12-18(26)22-16-11-15(21(27)28-3)8-7-14(16)2/h5-8,10-11H,4,9,12-13H2,1-3H3,(H,22,26). The minimum Gasteiger partial charge on any atom is -0.465 e. The highest BCUT2D eigenvalue weighted by molar-refractivity contribution is 5.96. The molecule has 0 aliphatic rings. The third-order valence-electron chi connectivity index (χ3n) is 4.40. The number of furan rings is 1. The zero-order chi connectivity index (χ0) is 21.5. The van der Waals surface area contributed by atoms with Crippen LogP contribution in [0.2, 0.25) is 0 Å². The molecule has 0 spiro atoms. The van der Waals surface area contributed by atoms with Crippen molar-refractivity contribution in [2.24, 2.45) is 0 Å². The second-order valence-corrected chi connectivity index (χ2v) is 6.76.